The molecular weight excluding hydrogens is 270 g/mol. The summed E-state index contributed by atoms with van der Waals surface area (Å²) < 4.78 is 0. The van der Waals surface area contributed by atoms with E-state index in [2.05, 4.69) is 58.7 Å². The monoisotopic (exact) mass is 293 g/mol. The molecule has 4 rings (SSSR count). The zero-order chi connectivity index (χ0) is 14.9. The van der Waals surface area contributed by atoms with E-state index in [4.69, 9.17) is 5.73 Å². The summed E-state index contributed by atoms with van der Waals surface area (Å²) in [6, 6.07) is 18.1. The molecule has 0 bridgehead atoms. The number of nitrogens with zero attached hydrogens (tertiary/aromatic N) is 1. The lowest BCUT2D eigenvalue weighted by molar-refractivity contribution is 0.143. The quantitative estimate of drug-likeness (QED) is 0.892. The van der Waals surface area contributed by atoms with Gasteiger partial charge in [0.05, 0.1) is 0 Å². The SMILES string of the molecule is NCc1ccccc1[C@H]1CN2CCNC[C@H]2c2ccccc21. The molecule has 2 atom stereocenters. The Labute approximate surface area is 132 Å². The highest BCUT2D eigenvalue weighted by Gasteiger charge is 2.35. The summed E-state index contributed by atoms with van der Waals surface area (Å²) in [5, 5.41) is 3.54. The Morgan fingerprint density at radius 1 is 1.00 bits per heavy atom. The number of benzene rings is 2. The first-order chi connectivity index (χ1) is 10.9. The van der Waals surface area contributed by atoms with Gasteiger partial charge in [-0.05, 0) is 22.3 Å². The maximum Gasteiger partial charge on any atom is 0.0476 e. The molecule has 0 amide bonds. The largest absolute Gasteiger partial charge is 0.326 e. The highest BCUT2D eigenvalue weighted by molar-refractivity contribution is 5.45. The van der Waals surface area contributed by atoms with Crippen LogP contribution in [0.5, 0.6) is 0 Å². The summed E-state index contributed by atoms with van der Waals surface area (Å²) in [6.45, 7) is 4.98. The number of hydrogen-bond donors (Lipinski definition) is 2. The number of nitrogens with two attached hydrogens (primary N) is 1. The number of rotatable bonds is 2. The van der Waals surface area contributed by atoms with Gasteiger partial charge in [-0.25, -0.2) is 0 Å². The van der Waals surface area contributed by atoms with Crippen LogP contribution in [0.3, 0.4) is 0 Å². The van der Waals surface area contributed by atoms with Crippen LogP contribution >= 0.6 is 0 Å². The van der Waals surface area contributed by atoms with Crippen LogP contribution in [0.2, 0.25) is 0 Å². The highest BCUT2D eigenvalue weighted by Crippen LogP contribution is 2.40. The first kappa shape index (κ1) is 13.9. The molecule has 3 heteroatoms. The lowest BCUT2D eigenvalue weighted by Gasteiger charge is -2.44. The summed E-state index contributed by atoms with van der Waals surface area (Å²) in [5.74, 6) is 0.435. The third-order valence-electron chi connectivity index (χ3n) is 5.15. The zero-order valence-electron chi connectivity index (χ0n) is 12.8. The second kappa shape index (κ2) is 5.84. The Bertz CT molecular complexity index is 667. The van der Waals surface area contributed by atoms with E-state index in [0.29, 0.717) is 18.5 Å². The molecule has 3 nitrogen and oxygen atoms in total. The van der Waals surface area contributed by atoms with Crippen molar-refractivity contribution in [3.63, 3.8) is 0 Å². The number of piperazine rings is 1. The minimum atomic E-state index is 0.435. The molecular formula is C19H23N3. The first-order valence-electron chi connectivity index (χ1n) is 8.20. The molecule has 0 unspecified atom stereocenters. The average Bonchev–Trinajstić information content (AvgIpc) is 2.61. The fourth-order valence-electron chi connectivity index (χ4n) is 4.06. The summed E-state index contributed by atoms with van der Waals surface area (Å²) >= 11 is 0. The molecule has 3 N–H and O–H groups in total. The van der Waals surface area contributed by atoms with Gasteiger partial charge in [0.1, 0.15) is 0 Å². The molecule has 2 aliphatic heterocycles. The molecule has 0 spiro atoms. The van der Waals surface area contributed by atoms with Crippen LogP contribution in [0, 0.1) is 0 Å². The van der Waals surface area contributed by atoms with Crippen LogP contribution < -0.4 is 11.1 Å². The van der Waals surface area contributed by atoms with Crippen molar-refractivity contribution in [3.8, 4) is 0 Å². The van der Waals surface area contributed by atoms with E-state index in [1.165, 1.54) is 22.3 Å². The molecule has 1 fully saturated rings. The van der Waals surface area contributed by atoms with Crippen molar-refractivity contribution in [2.24, 2.45) is 5.73 Å². The van der Waals surface area contributed by atoms with E-state index < -0.39 is 0 Å². The Hall–Kier alpha value is -1.68. The van der Waals surface area contributed by atoms with Crippen molar-refractivity contribution in [3.05, 3.63) is 70.8 Å². The predicted molar refractivity (Wildman–Crippen MR) is 89.8 cm³/mol. The lowest BCUT2D eigenvalue weighted by Crippen LogP contribution is -2.50. The Balaban J connectivity index is 1.82. The van der Waals surface area contributed by atoms with Crippen molar-refractivity contribution >= 4 is 0 Å². The highest BCUT2D eigenvalue weighted by atomic mass is 15.2. The molecule has 2 aromatic rings. The molecule has 2 heterocycles. The van der Waals surface area contributed by atoms with Gasteiger partial charge < -0.3 is 11.1 Å². The lowest BCUT2D eigenvalue weighted by atomic mass is 9.79. The number of hydrogen-bond acceptors (Lipinski definition) is 3. The van der Waals surface area contributed by atoms with Gasteiger partial charge in [0.2, 0.25) is 0 Å². The van der Waals surface area contributed by atoms with Gasteiger partial charge in [-0.1, -0.05) is 48.5 Å². The summed E-state index contributed by atoms with van der Waals surface area (Å²) in [6.07, 6.45) is 0. The summed E-state index contributed by atoms with van der Waals surface area (Å²) in [5.41, 5.74) is 11.6. The molecule has 2 aromatic carbocycles. The van der Waals surface area contributed by atoms with Crippen molar-refractivity contribution in [2.45, 2.75) is 18.5 Å². The van der Waals surface area contributed by atoms with Gasteiger partial charge in [0, 0.05) is 44.7 Å². The second-order valence-corrected chi connectivity index (χ2v) is 6.30. The molecule has 1 saturated heterocycles. The van der Waals surface area contributed by atoms with Gasteiger partial charge in [0.15, 0.2) is 0 Å². The third-order valence-corrected chi connectivity index (χ3v) is 5.15. The van der Waals surface area contributed by atoms with E-state index in [1.807, 2.05) is 0 Å². The van der Waals surface area contributed by atoms with Gasteiger partial charge in [-0.15, -0.1) is 0 Å². The Morgan fingerprint density at radius 2 is 1.73 bits per heavy atom. The molecule has 114 valence electrons. The maximum absolute atomic E-state index is 5.99. The molecule has 22 heavy (non-hydrogen) atoms. The number of nitrogens with one attached hydrogen (secondary N) is 1. The van der Waals surface area contributed by atoms with Crippen molar-refractivity contribution in [2.75, 3.05) is 26.2 Å². The van der Waals surface area contributed by atoms with E-state index in [1.54, 1.807) is 0 Å². The second-order valence-electron chi connectivity index (χ2n) is 6.30. The molecule has 0 saturated carbocycles. The van der Waals surface area contributed by atoms with Gasteiger partial charge >= 0.3 is 0 Å². The van der Waals surface area contributed by atoms with E-state index in [0.717, 1.165) is 26.2 Å². The van der Waals surface area contributed by atoms with E-state index in [9.17, 15) is 0 Å². The standard InChI is InChI=1S/C19H23N3/c20-11-14-5-1-2-6-15(14)18-13-22-10-9-21-12-19(22)17-8-4-3-7-16(17)18/h1-8,18-19,21H,9-13,20H2/t18-,19+/m1/s1. The van der Waals surface area contributed by atoms with Crippen LogP contribution in [-0.4, -0.2) is 31.1 Å². The van der Waals surface area contributed by atoms with E-state index >= 15 is 0 Å². The number of fused-ring (bicyclic) bond motifs is 3. The van der Waals surface area contributed by atoms with Crippen LogP contribution in [0.1, 0.15) is 34.2 Å². The van der Waals surface area contributed by atoms with Crippen LogP contribution in [0.15, 0.2) is 48.5 Å². The van der Waals surface area contributed by atoms with Gasteiger partial charge in [-0.2, -0.15) is 0 Å². The average molecular weight is 293 g/mol. The topological polar surface area (TPSA) is 41.3 Å². The molecule has 2 aliphatic rings. The van der Waals surface area contributed by atoms with Crippen molar-refractivity contribution < 1.29 is 0 Å². The smallest absolute Gasteiger partial charge is 0.0476 e. The molecule has 0 radical (unpaired) electrons. The predicted octanol–water partition coefficient (Wildman–Crippen LogP) is 2.24. The minimum absolute atomic E-state index is 0.435. The fraction of sp³-hybridized carbons (Fsp3) is 0.368. The van der Waals surface area contributed by atoms with Crippen molar-refractivity contribution in [1.82, 2.24) is 10.2 Å². The van der Waals surface area contributed by atoms with Crippen LogP contribution in [-0.2, 0) is 6.54 Å². The summed E-state index contributed by atoms with van der Waals surface area (Å²) in [4.78, 5) is 2.64. The minimum Gasteiger partial charge on any atom is -0.326 e. The zero-order valence-corrected chi connectivity index (χ0v) is 12.8. The normalized spacial score (nSPS) is 24.6. The first-order valence-corrected chi connectivity index (χ1v) is 8.20. The third kappa shape index (κ3) is 2.26. The Kier molecular flexibility index (Phi) is 3.70. The Morgan fingerprint density at radius 3 is 2.55 bits per heavy atom. The summed E-state index contributed by atoms with van der Waals surface area (Å²) in [7, 11) is 0. The van der Waals surface area contributed by atoms with Crippen LogP contribution in [0.4, 0.5) is 0 Å². The van der Waals surface area contributed by atoms with E-state index in [-0.39, 0.29) is 0 Å². The van der Waals surface area contributed by atoms with Crippen molar-refractivity contribution in [1.29, 1.82) is 0 Å². The molecule has 0 aliphatic carbocycles. The molecule has 0 aromatic heterocycles. The van der Waals surface area contributed by atoms with Gasteiger partial charge in [0.25, 0.3) is 0 Å². The maximum atomic E-state index is 5.99. The fourth-order valence-corrected chi connectivity index (χ4v) is 4.06. The van der Waals surface area contributed by atoms with Crippen LogP contribution in [0.25, 0.3) is 0 Å². The van der Waals surface area contributed by atoms with Gasteiger partial charge in [-0.3, -0.25) is 4.90 Å².